The summed E-state index contributed by atoms with van der Waals surface area (Å²) in [4.78, 5) is 4.07. The molecule has 4 rings (SSSR count). The average molecular weight is 438 g/mol. The van der Waals surface area contributed by atoms with E-state index in [2.05, 4.69) is 56.8 Å². The minimum atomic E-state index is -0.275. The molecule has 174 valence electrons. The van der Waals surface area contributed by atoms with Crippen molar-refractivity contribution in [3.05, 3.63) is 47.6 Å². The monoisotopic (exact) mass is 437 g/mol. The molecule has 0 saturated heterocycles. The van der Waals surface area contributed by atoms with Gasteiger partial charge in [-0.05, 0) is 56.2 Å². The molecule has 2 atom stereocenters. The number of aromatic hydroxyl groups is 1. The second-order valence-corrected chi connectivity index (χ2v) is 10.9. The molecule has 0 amide bonds. The molecule has 0 spiro atoms. The van der Waals surface area contributed by atoms with Crippen LogP contribution in [0.4, 0.5) is 0 Å². The van der Waals surface area contributed by atoms with Gasteiger partial charge in [0.1, 0.15) is 29.8 Å². The van der Waals surface area contributed by atoms with Crippen LogP contribution < -0.4 is 4.74 Å². The average Bonchev–Trinajstić information content (AvgIpc) is 3.23. The van der Waals surface area contributed by atoms with Crippen LogP contribution in [0.25, 0.3) is 0 Å². The van der Waals surface area contributed by atoms with Crippen molar-refractivity contribution in [3.8, 4) is 11.5 Å². The van der Waals surface area contributed by atoms with Crippen LogP contribution in [0.2, 0.25) is 0 Å². The molecule has 5 nitrogen and oxygen atoms in total. The van der Waals surface area contributed by atoms with Crippen molar-refractivity contribution < 1.29 is 9.84 Å². The number of ether oxygens (including phenoxy) is 1. The van der Waals surface area contributed by atoms with Gasteiger partial charge in [0, 0.05) is 17.4 Å². The molecule has 1 aliphatic heterocycles. The Hall–Kier alpha value is -2.30. The third-order valence-corrected chi connectivity index (χ3v) is 7.65. The number of hydrogen-bond acceptors (Lipinski definition) is 4. The summed E-state index contributed by atoms with van der Waals surface area (Å²) in [5, 5.41) is 15.5. The summed E-state index contributed by atoms with van der Waals surface area (Å²) in [6.45, 7) is 12.0. The van der Waals surface area contributed by atoms with Gasteiger partial charge in [-0.25, -0.2) is 9.67 Å². The lowest BCUT2D eigenvalue weighted by Gasteiger charge is -2.47. The third-order valence-electron chi connectivity index (χ3n) is 7.65. The van der Waals surface area contributed by atoms with Crippen LogP contribution in [-0.2, 0) is 12.0 Å². The van der Waals surface area contributed by atoms with Crippen LogP contribution in [0.1, 0.15) is 96.6 Å². The van der Waals surface area contributed by atoms with Gasteiger partial charge in [0.25, 0.3) is 0 Å². The molecule has 2 heterocycles. The van der Waals surface area contributed by atoms with Gasteiger partial charge in [0.2, 0.25) is 0 Å². The Bertz CT molecular complexity index is 960. The predicted octanol–water partition coefficient (Wildman–Crippen LogP) is 6.52. The number of nitrogens with zero attached hydrogens (tertiary/aromatic N) is 3. The Morgan fingerprint density at radius 1 is 1.22 bits per heavy atom. The van der Waals surface area contributed by atoms with Gasteiger partial charge >= 0.3 is 0 Å². The van der Waals surface area contributed by atoms with E-state index in [1.807, 2.05) is 10.7 Å². The number of benzene rings is 1. The molecule has 2 aliphatic rings. The summed E-state index contributed by atoms with van der Waals surface area (Å²) in [7, 11) is 0. The van der Waals surface area contributed by atoms with Crippen molar-refractivity contribution in [2.75, 3.05) is 0 Å². The van der Waals surface area contributed by atoms with E-state index in [4.69, 9.17) is 4.74 Å². The Morgan fingerprint density at radius 3 is 2.75 bits per heavy atom. The highest BCUT2D eigenvalue weighted by Gasteiger charge is 2.46. The molecule has 0 saturated carbocycles. The highest BCUT2D eigenvalue weighted by molar-refractivity contribution is 5.54. The lowest BCUT2D eigenvalue weighted by atomic mass is 9.66. The van der Waals surface area contributed by atoms with Crippen LogP contribution in [0, 0.1) is 5.92 Å². The molecule has 0 bridgehead atoms. The van der Waals surface area contributed by atoms with Gasteiger partial charge in [-0.2, -0.15) is 5.10 Å². The topological polar surface area (TPSA) is 60.2 Å². The number of phenols is 1. The quantitative estimate of drug-likeness (QED) is 0.377. The fourth-order valence-corrected chi connectivity index (χ4v) is 5.65. The molecule has 0 fully saturated rings. The van der Waals surface area contributed by atoms with Gasteiger partial charge in [-0.3, -0.25) is 0 Å². The molecule has 1 N–H and O–H groups in total. The molecular formula is C27H39N3O2. The highest BCUT2D eigenvalue weighted by Crippen LogP contribution is 2.55. The minimum Gasteiger partial charge on any atom is -0.508 e. The lowest BCUT2D eigenvalue weighted by molar-refractivity contribution is 0.00704. The Morgan fingerprint density at radius 2 is 2.03 bits per heavy atom. The SMILES string of the molecule is CCCCCCC(C)(C)c1cc(O)c2c(c1)OC(C)(C)[C@H]1CC=C(Cn3cncn3)C[C@H]21. The second kappa shape index (κ2) is 8.92. The van der Waals surface area contributed by atoms with E-state index in [0.717, 1.165) is 37.1 Å². The van der Waals surface area contributed by atoms with Crippen LogP contribution in [-0.4, -0.2) is 25.5 Å². The minimum absolute atomic E-state index is 0.00925. The first-order valence-electron chi connectivity index (χ1n) is 12.3. The van der Waals surface area contributed by atoms with Crippen molar-refractivity contribution >= 4 is 0 Å². The number of rotatable bonds is 8. The molecule has 1 aromatic heterocycles. The van der Waals surface area contributed by atoms with Crippen molar-refractivity contribution in [1.29, 1.82) is 0 Å². The molecule has 5 heteroatoms. The molecule has 0 unspecified atom stereocenters. The number of phenolic OH excluding ortho intramolecular Hbond substituents is 1. The number of hydrogen-bond donors (Lipinski definition) is 1. The van der Waals surface area contributed by atoms with Gasteiger partial charge in [0.15, 0.2) is 0 Å². The number of allylic oxidation sites excluding steroid dienone is 2. The van der Waals surface area contributed by atoms with Gasteiger partial charge in [0.05, 0.1) is 6.54 Å². The standard InChI is InChI=1S/C27H39N3O2/c1-6-7-8-9-12-26(2,3)20-14-23(31)25-21-13-19(16-30-18-28-17-29-30)10-11-22(21)27(4,5)32-24(25)15-20/h10,14-15,17-18,21-22,31H,6-9,11-13,16H2,1-5H3/t21-,22-/m0/s1. The summed E-state index contributed by atoms with van der Waals surface area (Å²) < 4.78 is 8.45. The highest BCUT2D eigenvalue weighted by atomic mass is 16.5. The van der Waals surface area contributed by atoms with Crippen LogP contribution in [0.15, 0.2) is 36.4 Å². The van der Waals surface area contributed by atoms with Crippen LogP contribution >= 0.6 is 0 Å². The molecular weight excluding hydrogens is 398 g/mol. The van der Waals surface area contributed by atoms with Crippen molar-refractivity contribution in [3.63, 3.8) is 0 Å². The smallest absolute Gasteiger partial charge is 0.137 e. The summed E-state index contributed by atoms with van der Waals surface area (Å²) in [6.07, 6.45) is 13.7. The van der Waals surface area contributed by atoms with E-state index in [1.54, 1.807) is 12.7 Å². The fourth-order valence-electron chi connectivity index (χ4n) is 5.65. The summed E-state index contributed by atoms with van der Waals surface area (Å²) >= 11 is 0. The maximum absolute atomic E-state index is 11.2. The fraction of sp³-hybridized carbons (Fsp3) is 0.630. The van der Waals surface area contributed by atoms with E-state index in [9.17, 15) is 5.11 Å². The number of unbranched alkanes of at least 4 members (excludes halogenated alkanes) is 3. The van der Waals surface area contributed by atoms with Gasteiger partial charge < -0.3 is 9.84 Å². The number of fused-ring (bicyclic) bond motifs is 3. The zero-order chi connectivity index (χ0) is 22.9. The van der Waals surface area contributed by atoms with Crippen molar-refractivity contribution in [2.24, 2.45) is 5.92 Å². The number of aromatic nitrogens is 3. The first kappa shape index (κ1) is 22.9. The van der Waals surface area contributed by atoms with E-state index >= 15 is 0 Å². The predicted molar refractivity (Wildman–Crippen MR) is 128 cm³/mol. The second-order valence-electron chi connectivity index (χ2n) is 10.9. The molecule has 32 heavy (non-hydrogen) atoms. The first-order chi connectivity index (χ1) is 15.2. The van der Waals surface area contributed by atoms with Crippen LogP contribution in [0.5, 0.6) is 11.5 Å². The Balaban J connectivity index is 1.62. The Kier molecular flexibility index (Phi) is 6.37. The Labute approximate surface area is 192 Å². The summed E-state index contributed by atoms with van der Waals surface area (Å²) in [5.41, 5.74) is 3.25. The largest absolute Gasteiger partial charge is 0.508 e. The zero-order valence-corrected chi connectivity index (χ0v) is 20.4. The molecule has 1 aliphatic carbocycles. The summed E-state index contributed by atoms with van der Waals surface area (Å²) in [6, 6.07) is 4.22. The third kappa shape index (κ3) is 4.57. The van der Waals surface area contributed by atoms with Gasteiger partial charge in [-0.15, -0.1) is 0 Å². The summed E-state index contributed by atoms with van der Waals surface area (Å²) in [5.74, 6) is 1.86. The van der Waals surface area contributed by atoms with Crippen molar-refractivity contribution in [1.82, 2.24) is 14.8 Å². The van der Waals surface area contributed by atoms with E-state index in [1.165, 1.54) is 36.8 Å². The van der Waals surface area contributed by atoms with E-state index in [-0.39, 0.29) is 16.9 Å². The normalized spacial score (nSPS) is 22.0. The molecule has 2 aromatic rings. The maximum atomic E-state index is 11.2. The van der Waals surface area contributed by atoms with Crippen LogP contribution in [0.3, 0.4) is 0 Å². The van der Waals surface area contributed by atoms with E-state index < -0.39 is 0 Å². The lowest BCUT2D eigenvalue weighted by Crippen LogP contribution is -2.45. The molecule has 1 aromatic carbocycles. The zero-order valence-electron chi connectivity index (χ0n) is 20.4. The first-order valence-corrected chi connectivity index (χ1v) is 12.3. The molecule has 0 radical (unpaired) electrons. The van der Waals surface area contributed by atoms with Gasteiger partial charge in [-0.1, -0.05) is 58.1 Å². The maximum Gasteiger partial charge on any atom is 0.137 e. The van der Waals surface area contributed by atoms with E-state index in [0.29, 0.717) is 11.7 Å². The van der Waals surface area contributed by atoms with Crippen molar-refractivity contribution in [2.45, 2.75) is 103 Å².